The Labute approximate surface area is 393 Å². The van der Waals surface area contributed by atoms with Gasteiger partial charge in [-0.2, -0.15) is 0 Å². The maximum Gasteiger partial charge on any atom is 0.187 e. The Hall–Kier alpha value is -1.31. The quantitative estimate of drug-likeness (QED) is 0.0746. The minimum atomic E-state index is -1.81. The van der Waals surface area contributed by atoms with E-state index in [1.165, 1.54) is 0 Å². The summed E-state index contributed by atoms with van der Waals surface area (Å²) in [4.78, 5) is 13.1. The predicted octanol–water partition coefficient (Wildman–Crippen LogP) is -0.848. The minimum absolute atomic E-state index is 0.0422. The van der Waals surface area contributed by atoms with Gasteiger partial charge in [0, 0.05) is 6.42 Å². The molecule has 19 nitrogen and oxygen atoms in total. The molecule has 3 saturated heterocycles. The molecule has 0 aromatic rings. The molecule has 67 heavy (non-hydrogen) atoms. The van der Waals surface area contributed by atoms with E-state index in [2.05, 4.69) is 41.2 Å². The van der Waals surface area contributed by atoms with Crippen molar-refractivity contribution in [2.45, 2.75) is 216 Å². The number of carbonyl (C=O) groups is 1. The molecule has 4 aliphatic carbocycles. The molecular weight excluding hydrogens is 881 g/mol. The number of aliphatic hydroxyl groups is 12. The number of Topliss-reactive ketones (excluding diaryl/α,β-unsaturated/α-hetero) is 1. The van der Waals surface area contributed by atoms with Gasteiger partial charge >= 0.3 is 0 Å². The first kappa shape index (κ1) is 53.5. The number of allylic oxidation sites excluding steroid dienone is 1. The second kappa shape index (κ2) is 19.6. The van der Waals surface area contributed by atoms with Crippen molar-refractivity contribution in [2.24, 2.45) is 45.3 Å². The van der Waals surface area contributed by atoms with Crippen LogP contribution in [0.15, 0.2) is 12.2 Å². The summed E-state index contributed by atoms with van der Waals surface area (Å²) in [5, 5.41) is 129. The van der Waals surface area contributed by atoms with Crippen LogP contribution in [-0.2, 0) is 33.2 Å². The standard InChI is InChI=1S/C48H80O19/c1-21(2)23(52)10-16-48(8,67-42-39(61)36(58)33(55)26(19-50)63-42)22-9-14-47(7)31(22)24(53)17-29-45(5)13-12-30(44(3,4)28(45)11-15-46(29,47)6)65-43-40(37(59)34(56)27(20-51)64-43)66-41-38(60)35(57)32(54)25(18-49)62-41/h22,24-43,49-51,53-61H,1,9-20H2,2-8H3/t22-,24+,25+,26+,27+,28-,29+,30-,31-,32+,33+,34+,35-,36-,37-,38+,39+,40+,41-,42-,43-,45-,46+,47+,48-/m0/s1. The van der Waals surface area contributed by atoms with Gasteiger partial charge < -0.3 is 89.7 Å². The van der Waals surface area contributed by atoms with E-state index in [4.69, 9.17) is 28.4 Å². The number of hydrogen-bond donors (Lipinski definition) is 12. The lowest BCUT2D eigenvalue weighted by Gasteiger charge is -2.71. The van der Waals surface area contributed by atoms with Crippen molar-refractivity contribution < 1.29 is 94.5 Å². The molecule has 4 saturated carbocycles. The molecule has 0 aromatic carbocycles. The van der Waals surface area contributed by atoms with Gasteiger partial charge in [-0.1, -0.05) is 41.2 Å². The lowest BCUT2D eigenvalue weighted by atomic mass is 9.35. The molecule has 0 aromatic heterocycles. The van der Waals surface area contributed by atoms with Crippen molar-refractivity contribution in [3.05, 3.63) is 12.2 Å². The Morgan fingerprint density at radius 2 is 1.16 bits per heavy atom. The molecule has 12 N–H and O–H groups in total. The molecule has 3 aliphatic heterocycles. The van der Waals surface area contributed by atoms with Gasteiger partial charge in [0.15, 0.2) is 24.7 Å². The SMILES string of the molecule is C=C(C)C(=O)CC[C@](C)(O[C@@H]1O[C@H](CO)[C@@H](O)[C@H](O)[C@H]1O)[C@H]1CC[C@]2(C)[C@@H]1[C@H](O)C[C@@H]1[C@@]3(C)CC[C@H](O[C@@H]4O[C@H](CO)[C@@H](O)[C@H](O)[C@H]4O[C@@H]4O[C@H](CO)[C@@H](O)[C@H](O)[C@H]4O)C(C)(C)[C@@H]3CC[C@]12C. The van der Waals surface area contributed by atoms with Gasteiger partial charge in [0.2, 0.25) is 0 Å². The second-order valence-corrected chi connectivity index (χ2v) is 22.8. The summed E-state index contributed by atoms with van der Waals surface area (Å²) in [5.41, 5.74) is -2.37. The summed E-state index contributed by atoms with van der Waals surface area (Å²) < 4.78 is 37.0. The van der Waals surface area contributed by atoms with Crippen LogP contribution in [0.25, 0.3) is 0 Å². The van der Waals surface area contributed by atoms with Gasteiger partial charge in [-0.3, -0.25) is 4.79 Å². The first-order valence-electron chi connectivity index (χ1n) is 24.3. The monoisotopic (exact) mass is 961 g/mol. The van der Waals surface area contributed by atoms with Crippen LogP contribution in [0, 0.1) is 45.3 Å². The van der Waals surface area contributed by atoms with E-state index in [0.717, 1.165) is 19.3 Å². The molecule has 0 amide bonds. The molecule has 7 aliphatic rings. The third-order valence-corrected chi connectivity index (χ3v) is 18.9. The summed E-state index contributed by atoms with van der Waals surface area (Å²) in [6, 6.07) is 0. The van der Waals surface area contributed by atoms with Crippen LogP contribution in [-0.4, -0.2) is 197 Å². The third-order valence-electron chi connectivity index (χ3n) is 18.9. The Morgan fingerprint density at radius 1 is 0.642 bits per heavy atom. The lowest BCUT2D eigenvalue weighted by Crippen LogP contribution is -2.68. The molecular formula is C48H80O19. The largest absolute Gasteiger partial charge is 0.394 e. The number of aliphatic hydroxyl groups excluding tert-OH is 12. The zero-order chi connectivity index (χ0) is 49.5. The Kier molecular flexibility index (Phi) is 15.7. The van der Waals surface area contributed by atoms with E-state index < -0.39 is 141 Å². The van der Waals surface area contributed by atoms with E-state index in [-0.39, 0.29) is 53.1 Å². The van der Waals surface area contributed by atoms with Crippen molar-refractivity contribution in [1.82, 2.24) is 0 Å². The van der Waals surface area contributed by atoms with E-state index in [0.29, 0.717) is 31.3 Å². The molecule has 0 radical (unpaired) electrons. The van der Waals surface area contributed by atoms with Crippen LogP contribution in [0.4, 0.5) is 0 Å². The highest BCUT2D eigenvalue weighted by atomic mass is 16.8. The Morgan fingerprint density at radius 3 is 1.73 bits per heavy atom. The van der Waals surface area contributed by atoms with E-state index in [9.17, 15) is 66.1 Å². The average molecular weight is 961 g/mol. The van der Waals surface area contributed by atoms with Crippen molar-refractivity contribution in [2.75, 3.05) is 19.8 Å². The van der Waals surface area contributed by atoms with Gasteiger partial charge in [0.05, 0.1) is 37.6 Å². The van der Waals surface area contributed by atoms with Crippen LogP contribution in [0.3, 0.4) is 0 Å². The first-order chi connectivity index (χ1) is 31.3. The Balaban J connectivity index is 1.13. The van der Waals surface area contributed by atoms with E-state index in [1.54, 1.807) is 6.92 Å². The van der Waals surface area contributed by atoms with Crippen LogP contribution >= 0.6 is 0 Å². The van der Waals surface area contributed by atoms with Gasteiger partial charge in [-0.25, -0.2) is 0 Å². The third kappa shape index (κ3) is 8.93. The van der Waals surface area contributed by atoms with Crippen LogP contribution in [0.5, 0.6) is 0 Å². The number of rotatable bonds is 14. The summed E-state index contributed by atoms with van der Waals surface area (Å²) in [7, 11) is 0. The number of carbonyl (C=O) groups excluding carboxylic acids is 1. The highest BCUT2D eigenvalue weighted by Crippen LogP contribution is 2.76. The fraction of sp³-hybridized carbons (Fsp3) is 0.938. The number of ketones is 1. The van der Waals surface area contributed by atoms with Gasteiger partial charge in [0.25, 0.3) is 0 Å². The second-order valence-electron chi connectivity index (χ2n) is 22.8. The molecule has 386 valence electrons. The van der Waals surface area contributed by atoms with Crippen molar-refractivity contribution in [3.8, 4) is 0 Å². The number of hydrogen-bond acceptors (Lipinski definition) is 19. The zero-order valence-corrected chi connectivity index (χ0v) is 40.0. The normalized spacial score (nSPS) is 51.8. The van der Waals surface area contributed by atoms with Crippen molar-refractivity contribution in [3.63, 3.8) is 0 Å². The number of ether oxygens (including phenoxy) is 6. The van der Waals surface area contributed by atoms with Crippen LogP contribution < -0.4 is 0 Å². The highest BCUT2D eigenvalue weighted by molar-refractivity contribution is 5.94. The maximum absolute atomic E-state index is 13.1. The smallest absolute Gasteiger partial charge is 0.187 e. The number of fused-ring (bicyclic) bond motifs is 5. The first-order valence-corrected chi connectivity index (χ1v) is 24.3. The Bertz CT molecular complexity index is 1750. The van der Waals surface area contributed by atoms with Crippen LogP contribution in [0.1, 0.15) is 106 Å². The summed E-state index contributed by atoms with van der Waals surface area (Å²) in [6.45, 7) is 16.5. The van der Waals surface area contributed by atoms with Gasteiger partial charge in [-0.15, -0.1) is 0 Å². The van der Waals surface area contributed by atoms with Gasteiger partial charge in [0.1, 0.15) is 73.2 Å². The topological polar surface area (TPSA) is 315 Å². The fourth-order valence-electron chi connectivity index (χ4n) is 14.8. The minimum Gasteiger partial charge on any atom is -0.394 e. The molecule has 0 bridgehead atoms. The maximum atomic E-state index is 13.1. The van der Waals surface area contributed by atoms with Crippen molar-refractivity contribution >= 4 is 5.78 Å². The summed E-state index contributed by atoms with van der Waals surface area (Å²) >= 11 is 0. The molecule has 3 heterocycles. The molecule has 7 rings (SSSR count). The lowest BCUT2D eigenvalue weighted by molar-refractivity contribution is -0.378. The summed E-state index contributed by atoms with van der Waals surface area (Å²) in [6.07, 6.45) is -19.7. The van der Waals surface area contributed by atoms with Crippen LogP contribution in [0.2, 0.25) is 0 Å². The fourth-order valence-corrected chi connectivity index (χ4v) is 14.8. The van der Waals surface area contributed by atoms with Crippen molar-refractivity contribution in [1.29, 1.82) is 0 Å². The molecule has 0 unspecified atom stereocenters. The summed E-state index contributed by atoms with van der Waals surface area (Å²) in [5.74, 6) is -0.705. The van der Waals surface area contributed by atoms with E-state index >= 15 is 0 Å². The zero-order valence-electron chi connectivity index (χ0n) is 40.0. The molecule has 0 spiro atoms. The molecule has 25 atom stereocenters. The highest BCUT2D eigenvalue weighted by Gasteiger charge is 2.72. The molecule has 19 heteroatoms. The predicted molar refractivity (Wildman–Crippen MR) is 234 cm³/mol. The van der Waals surface area contributed by atoms with E-state index in [1.807, 2.05) is 6.92 Å². The molecule has 7 fully saturated rings. The average Bonchev–Trinajstić information content (AvgIpc) is 3.67. The van der Waals surface area contributed by atoms with Gasteiger partial charge in [-0.05, 0) is 116 Å².